The summed E-state index contributed by atoms with van der Waals surface area (Å²) in [6.45, 7) is 1.89. The highest BCUT2D eigenvalue weighted by Crippen LogP contribution is 2.34. The van der Waals surface area contributed by atoms with E-state index < -0.39 is 5.91 Å². The van der Waals surface area contributed by atoms with Gasteiger partial charge in [-0.25, -0.2) is 0 Å². The molecule has 0 aliphatic carbocycles. The van der Waals surface area contributed by atoms with Crippen molar-refractivity contribution in [1.82, 2.24) is 15.2 Å². The minimum Gasteiger partial charge on any atom is -0.366 e. The van der Waals surface area contributed by atoms with Crippen LogP contribution in [0.3, 0.4) is 0 Å². The molecule has 2 aromatic heterocycles. The van der Waals surface area contributed by atoms with Gasteiger partial charge in [0.25, 0.3) is 5.91 Å². The molecule has 0 saturated carbocycles. The van der Waals surface area contributed by atoms with Gasteiger partial charge >= 0.3 is 0 Å². The largest absolute Gasteiger partial charge is 0.366 e. The number of nitrogens with zero attached hydrogens (tertiary/aromatic N) is 1. The van der Waals surface area contributed by atoms with Crippen molar-refractivity contribution in [3.8, 4) is 22.5 Å². The van der Waals surface area contributed by atoms with E-state index in [2.05, 4.69) is 15.2 Å². The van der Waals surface area contributed by atoms with E-state index >= 15 is 0 Å². The molecule has 5 nitrogen and oxygen atoms in total. The van der Waals surface area contributed by atoms with Crippen LogP contribution in [-0.4, -0.2) is 21.1 Å². The lowest BCUT2D eigenvalue weighted by atomic mass is 10.1. The molecule has 0 bridgehead atoms. The first-order chi connectivity index (χ1) is 10.5. The number of nitrogens with one attached hydrogen (secondary N) is 2. The zero-order valence-electron chi connectivity index (χ0n) is 11.6. The number of carbonyl (C=O) groups excluding carboxylic acids is 1. The van der Waals surface area contributed by atoms with E-state index in [0.29, 0.717) is 26.9 Å². The molecule has 3 rings (SSSR count). The summed E-state index contributed by atoms with van der Waals surface area (Å²) in [7, 11) is 0. The molecule has 22 heavy (non-hydrogen) atoms. The molecule has 3 aromatic rings. The van der Waals surface area contributed by atoms with Crippen molar-refractivity contribution in [2.45, 2.75) is 6.92 Å². The molecule has 0 unspecified atom stereocenters. The quantitative estimate of drug-likeness (QED) is 0.680. The van der Waals surface area contributed by atoms with Crippen molar-refractivity contribution in [1.29, 1.82) is 0 Å². The summed E-state index contributed by atoms with van der Waals surface area (Å²) < 4.78 is 0. The van der Waals surface area contributed by atoms with Crippen molar-refractivity contribution < 1.29 is 4.79 Å². The Labute approximate surface area is 136 Å². The first-order valence-corrected chi connectivity index (χ1v) is 7.21. The highest BCUT2D eigenvalue weighted by molar-refractivity contribution is 6.36. The topological polar surface area (TPSA) is 87.6 Å². The first kappa shape index (κ1) is 14.7. The molecule has 7 heteroatoms. The SMILES string of the molecule is Cc1[nH]ncc1-c1cc(C(N)=O)c(-c2ccc(Cl)cc2Cl)[nH]1. The number of hydrogen-bond acceptors (Lipinski definition) is 2. The van der Waals surface area contributed by atoms with E-state index in [0.717, 1.165) is 17.0 Å². The van der Waals surface area contributed by atoms with E-state index in [4.69, 9.17) is 28.9 Å². The Morgan fingerprint density at radius 3 is 2.59 bits per heavy atom. The first-order valence-electron chi connectivity index (χ1n) is 6.46. The summed E-state index contributed by atoms with van der Waals surface area (Å²) in [4.78, 5) is 14.9. The highest BCUT2D eigenvalue weighted by atomic mass is 35.5. The number of H-pyrrole nitrogens is 2. The maximum absolute atomic E-state index is 11.8. The second-order valence-electron chi connectivity index (χ2n) is 4.87. The van der Waals surface area contributed by atoms with Crippen molar-refractivity contribution in [2.24, 2.45) is 5.73 Å². The number of rotatable bonds is 3. The molecule has 4 N–H and O–H groups in total. The predicted molar refractivity (Wildman–Crippen MR) is 87.1 cm³/mol. The molecule has 0 aliphatic heterocycles. The van der Waals surface area contributed by atoms with Gasteiger partial charge < -0.3 is 10.7 Å². The number of benzene rings is 1. The molecule has 0 atom stereocenters. The third-order valence-corrected chi connectivity index (χ3v) is 3.95. The molecule has 1 amide bonds. The lowest BCUT2D eigenvalue weighted by molar-refractivity contribution is 0.100. The van der Waals surface area contributed by atoms with E-state index in [-0.39, 0.29) is 0 Å². The molecule has 0 fully saturated rings. The Balaban J connectivity index is 2.21. The molecule has 2 heterocycles. The van der Waals surface area contributed by atoms with Gasteiger partial charge in [0.15, 0.2) is 0 Å². The fraction of sp³-hybridized carbons (Fsp3) is 0.0667. The number of carbonyl (C=O) groups is 1. The Morgan fingerprint density at radius 2 is 2.00 bits per heavy atom. The second kappa shape index (κ2) is 5.51. The lowest BCUT2D eigenvalue weighted by Gasteiger charge is -2.05. The number of halogens is 2. The van der Waals surface area contributed by atoms with Crippen LogP contribution in [0.15, 0.2) is 30.5 Å². The third kappa shape index (κ3) is 2.49. The molecule has 1 aromatic carbocycles. The minimum atomic E-state index is -0.537. The van der Waals surface area contributed by atoms with Gasteiger partial charge in [0.1, 0.15) is 0 Å². The summed E-state index contributed by atoms with van der Waals surface area (Å²) in [5.41, 5.74) is 9.54. The standard InChI is InChI=1S/C15H12Cl2N4O/c1-7-11(6-19-21-7)13-5-10(15(18)22)14(20-13)9-3-2-8(16)4-12(9)17/h2-6,20H,1H3,(H2,18,22)(H,19,21). The number of aryl methyl sites for hydroxylation is 1. The minimum absolute atomic E-state index is 0.361. The molecular formula is C15H12Cl2N4O. The van der Waals surface area contributed by atoms with Gasteiger partial charge in [-0.05, 0) is 31.2 Å². The van der Waals surface area contributed by atoms with Crippen molar-refractivity contribution in [2.75, 3.05) is 0 Å². The van der Waals surface area contributed by atoms with E-state index in [1.165, 1.54) is 0 Å². The average Bonchev–Trinajstić information content (AvgIpc) is 3.04. The fourth-order valence-electron chi connectivity index (χ4n) is 2.32. The number of amides is 1. The van der Waals surface area contributed by atoms with Crippen LogP contribution in [0.25, 0.3) is 22.5 Å². The van der Waals surface area contributed by atoms with Crippen molar-refractivity contribution in [3.05, 3.63) is 51.8 Å². The summed E-state index contributed by atoms with van der Waals surface area (Å²) in [6.07, 6.45) is 1.68. The summed E-state index contributed by atoms with van der Waals surface area (Å²) >= 11 is 12.1. The molecule has 0 radical (unpaired) electrons. The number of aromatic amines is 2. The third-order valence-electron chi connectivity index (χ3n) is 3.40. The van der Waals surface area contributed by atoms with Crippen LogP contribution >= 0.6 is 23.2 Å². The summed E-state index contributed by atoms with van der Waals surface area (Å²) in [5, 5.41) is 7.79. The van der Waals surface area contributed by atoms with Crippen molar-refractivity contribution >= 4 is 29.1 Å². The number of hydrogen-bond donors (Lipinski definition) is 3. The number of primary amides is 1. The Bertz CT molecular complexity index is 866. The average molecular weight is 335 g/mol. The molecule has 112 valence electrons. The van der Waals surface area contributed by atoms with Crippen LogP contribution in [-0.2, 0) is 0 Å². The smallest absolute Gasteiger partial charge is 0.250 e. The van der Waals surface area contributed by atoms with Gasteiger partial charge in [0, 0.05) is 21.8 Å². The summed E-state index contributed by atoms with van der Waals surface area (Å²) in [5.74, 6) is -0.537. The molecule has 0 saturated heterocycles. The zero-order valence-corrected chi connectivity index (χ0v) is 13.1. The normalized spacial score (nSPS) is 10.9. The second-order valence-corrected chi connectivity index (χ2v) is 5.71. The lowest BCUT2D eigenvalue weighted by Crippen LogP contribution is -2.11. The van der Waals surface area contributed by atoms with E-state index in [1.54, 1.807) is 30.5 Å². The van der Waals surface area contributed by atoms with Crippen LogP contribution in [0.4, 0.5) is 0 Å². The van der Waals surface area contributed by atoms with Crippen LogP contribution in [0.1, 0.15) is 16.1 Å². The highest BCUT2D eigenvalue weighted by Gasteiger charge is 2.18. The van der Waals surface area contributed by atoms with Crippen LogP contribution in [0, 0.1) is 6.92 Å². The monoisotopic (exact) mass is 334 g/mol. The van der Waals surface area contributed by atoms with Crippen LogP contribution in [0.2, 0.25) is 10.0 Å². The van der Waals surface area contributed by atoms with Gasteiger partial charge in [-0.15, -0.1) is 0 Å². The fourth-order valence-corrected chi connectivity index (χ4v) is 2.82. The maximum Gasteiger partial charge on any atom is 0.250 e. The van der Waals surface area contributed by atoms with E-state index in [1.807, 2.05) is 6.92 Å². The number of aromatic nitrogens is 3. The summed E-state index contributed by atoms with van der Waals surface area (Å²) in [6, 6.07) is 6.76. The molecule has 0 spiro atoms. The zero-order chi connectivity index (χ0) is 15.9. The number of nitrogens with two attached hydrogens (primary N) is 1. The van der Waals surface area contributed by atoms with Gasteiger partial charge in [-0.1, -0.05) is 23.2 Å². The van der Waals surface area contributed by atoms with Gasteiger partial charge in [-0.2, -0.15) is 5.10 Å². The van der Waals surface area contributed by atoms with Crippen LogP contribution < -0.4 is 5.73 Å². The van der Waals surface area contributed by atoms with Gasteiger partial charge in [0.2, 0.25) is 0 Å². The Hall–Kier alpha value is -2.24. The van der Waals surface area contributed by atoms with Gasteiger partial charge in [-0.3, -0.25) is 9.89 Å². The van der Waals surface area contributed by atoms with E-state index in [9.17, 15) is 4.79 Å². The Kier molecular flexibility index (Phi) is 3.68. The Morgan fingerprint density at radius 1 is 1.23 bits per heavy atom. The molecule has 0 aliphatic rings. The van der Waals surface area contributed by atoms with Gasteiger partial charge in [0.05, 0.1) is 28.2 Å². The van der Waals surface area contributed by atoms with Crippen molar-refractivity contribution in [3.63, 3.8) is 0 Å². The predicted octanol–water partition coefficient (Wildman–Crippen LogP) is 3.79. The molecular weight excluding hydrogens is 323 g/mol. The van der Waals surface area contributed by atoms with Crippen LogP contribution in [0.5, 0.6) is 0 Å². The maximum atomic E-state index is 11.8.